The maximum Gasteiger partial charge on any atom is 0.338 e. The number of aromatic nitrogens is 2. The summed E-state index contributed by atoms with van der Waals surface area (Å²) in [4.78, 5) is 11.2. The molecule has 0 saturated carbocycles. The lowest BCUT2D eigenvalue weighted by molar-refractivity contribution is -0.159. The summed E-state index contributed by atoms with van der Waals surface area (Å²) in [5, 5.41) is 26.4. The average molecular weight is 242 g/mol. The molecule has 0 amide bonds. The van der Waals surface area contributed by atoms with E-state index in [1.54, 1.807) is 6.92 Å². The molecule has 1 aromatic heterocycles. The zero-order valence-corrected chi connectivity index (χ0v) is 9.53. The molecule has 2 unspecified atom stereocenters. The second-order valence-corrected chi connectivity index (χ2v) is 3.14. The van der Waals surface area contributed by atoms with E-state index in [4.69, 9.17) is 4.74 Å². The lowest BCUT2D eigenvalue weighted by Crippen LogP contribution is -2.30. The molecule has 0 aliphatic carbocycles. The van der Waals surface area contributed by atoms with E-state index in [1.165, 1.54) is 19.2 Å². The van der Waals surface area contributed by atoms with Gasteiger partial charge in [-0.25, -0.2) is 4.79 Å². The molecule has 0 spiro atoms. The van der Waals surface area contributed by atoms with E-state index in [0.717, 1.165) is 0 Å². The second kappa shape index (κ2) is 6.12. The smallest absolute Gasteiger partial charge is 0.338 e. The van der Waals surface area contributed by atoms with Crippen LogP contribution in [0.4, 0.5) is 0 Å². The zero-order valence-electron chi connectivity index (χ0n) is 9.53. The maximum atomic E-state index is 11.2. The number of ether oxygens (including phenoxy) is 2. The van der Waals surface area contributed by atoms with Crippen molar-refractivity contribution in [2.24, 2.45) is 0 Å². The largest absolute Gasteiger partial charge is 0.480 e. The van der Waals surface area contributed by atoms with Crippen molar-refractivity contribution in [3.63, 3.8) is 0 Å². The predicted octanol–water partition coefficient (Wildman–Crippen LogP) is -0.557. The number of esters is 1. The number of rotatable bonds is 5. The lowest BCUT2D eigenvalue weighted by Gasteiger charge is -2.15. The molecular weight excluding hydrogens is 228 g/mol. The van der Waals surface area contributed by atoms with Crippen LogP contribution < -0.4 is 4.74 Å². The fourth-order valence-corrected chi connectivity index (χ4v) is 1.12. The third-order valence-electron chi connectivity index (χ3n) is 2.00. The van der Waals surface area contributed by atoms with Crippen LogP contribution in [0.1, 0.15) is 18.7 Å². The standard InChI is InChI=1S/C10H14N2O5/c1-3-17-10(15)9(14)8(13)6-4-5-7(16-2)12-11-6/h4-5,8-9,13-14H,3H2,1-2H3. The van der Waals surface area contributed by atoms with Gasteiger partial charge >= 0.3 is 5.97 Å². The van der Waals surface area contributed by atoms with Crippen LogP contribution in [0.25, 0.3) is 0 Å². The van der Waals surface area contributed by atoms with Gasteiger partial charge in [-0.15, -0.1) is 10.2 Å². The van der Waals surface area contributed by atoms with Crippen LogP contribution in [0.5, 0.6) is 5.88 Å². The van der Waals surface area contributed by atoms with Gasteiger partial charge in [0.15, 0.2) is 6.10 Å². The number of aliphatic hydroxyl groups excluding tert-OH is 2. The molecule has 17 heavy (non-hydrogen) atoms. The molecule has 0 radical (unpaired) electrons. The van der Waals surface area contributed by atoms with Gasteiger partial charge in [-0.1, -0.05) is 0 Å². The summed E-state index contributed by atoms with van der Waals surface area (Å²) in [6, 6.07) is 2.86. The van der Waals surface area contributed by atoms with Gasteiger partial charge < -0.3 is 19.7 Å². The number of nitrogens with zero attached hydrogens (tertiary/aromatic N) is 2. The van der Waals surface area contributed by atoms with Crippen molar-refractivity contribution in [1.29, 1.82) is 0 Å². The number of hydrogen-bond donors (Lipinski definition) is 2. The summed E-state index contributed by atoms with van der Waals surface area (Å²) in [7, 11) is 1.42. The van der Waals surface area contributed by atoms with Crippen LogP contribution in [0, 0.1) is 0 Å². The highest BCUT2D eigenvalue weighted by molar-refractivity contribution is 5.75. The van der Waals surface area contributed by atoms with Crippen LogP contribution in [0.2, 0.25) is 0 Å². The Labute approximate surface area is 98.0 Å². The average Bonchev–Trinajstić information content (AvgIpc) is 2.37. The van der Waals surface area contributed by atoms with Gasteiger partial charge in [0.25, 0.3) is 0 Å². The number of aliphatic hydroxyl groups is 2. The predicted molar refractivity (Wildman–Crippen MR) is 56.2 cm³/mol. The molecule has 94 valence electrons. The number of carbonyl (C=O) groups is 1. The summed E-state index contributed by atoms with van der Waals surface area (Å²) >= 11 is 0. The van der Waals surface area contributed by atoms with Crippen molar-refractivity contribution in [2.75, 3.05) is 13.7 Å². The van der Waals surface area contributed by atoms with Crippen molar-refractivity contribution in [1.82, 2.24) is 10.2 Å². The van der Waals surface area contributed by atoms with Crippen molar-refractivity contribution in [3.8, 4) is 5.88 Å². The zero-order chi connectivity index (χ0) is 12.8. The Bertz CT molecular complexity index is 367. The first-order valence-corrected chi connectivity index (χ1v) is 5.00. The van der Waals surface area contributed by atoms with Gasteiger partial charge in [-0.3, -0.25) is 0 Å². The fraction of sp³-hybridized carbons (Fsp3) is 0.500. The third-order valence-corrected chi connectivity index (χ3v) is 2.00. The van der Waals surface area contributed by atoms with Gasteiger partial charge in [0.2, 0.25) is 5.88 Å². The van der Waals surface area contributed by atoms with E-state index >= 15 is 0 Å². The molecule has 0 fully saturated rings. The highest BCUT2D eigenvalue weighted by atomic mass is 16.5. The minimum absolute atomic E-state index is 0.0614. The Morgan fingerprint density at radius 3 is 2.59 bits per heavy atom. The van der Waals surface area contributed by atoms with Crippen LogP contribution in [0.15, 0.2) is 12.1 Å². The Kier molecular flexibility index (Phi) is 4.80. The van der Waals surface area contributed by atoms with Gasteiger partial charge in [0.1, 0.15) is 6.10 Å². The van der Waals surface area contributed by atoms with Gasteiger partial charge in [-0.05, 0) is 13.0 Å². The summed E-state index contributed by atoms with van der Waals surface area (Å²) in [5.74, 6) is -0.635. The van der Waals surface area contributed by atoms with E-state index in [1.807, 2.05) is 0 Å². The Morgan fingerprint density at radius 2 is 2.12 bits per heavy atom. The van der Waals surface area contributed by atoms with E-state index < -0.39 is 18.2 Å². The van der Waals surface area contributed by atoms with Crippen molar-refractivity contribution < 1.29 is 24.5 Å². The van der Waals surface area contributed by atoms with Crippen molar-refractivity contribution in [2.45, 2.75) is 19.1 Å². The maximum absolute atomic E-state index is 11.2. The lowest BCUT2D eigenvalue weighted by atomic mass is 10.1. The third kappa shape index (κ3) is 3.36. The minimum Gasteiger partial charge on any atom is -0.480 e. The number of methoxy groups -OCH3 is 1. The molecule has 7 nitrogen and oxygen atoms in total. The van der Waals surface area contributed by atoms with Crippen molar-refractivity contribution in [3.05, 3.63) is 17.8 Å². The first kappa shape index (κ1) is 13.3. The van der Waals surface area contributed by atoms with Crippen molar-refractivity contribution >= 4 is 5.97 Å². The first-order valence-electron chi connectivity index (χ1n) is 5.00. The molecule has 0 bridgehead atoms. The summed E-state index contributed by atoms with van der Waals surface area (Å²) in [5.41, 5.74) is 0.0614. The molecule has 7 heteroatoms. The normalized spacial score (nSPS) is 13.9. The van der Waals surface area contributed by atoms with E-state index in [9.17, 15) is 15.0 Å². The minimum atomic E-state index is -1.68. The molecular formula is C10H14N2O5. The quantitative estimate of drug-likeness (QED) is 0.667. The van der Waals surface area contributed by atoms with Gasteiger partial charge in [-0.2, -0.15) is 0 Å². The van der Waals surface area contributed by atoms with E-state index in [-0.39, 0.29) is 18.2 Å². The molecule has 0 aromatic carbocycles. The molecule has 0 saturated heterocycles. The van der Waals surface area contributed by atoms with Crippen LogP contribution >= 0.6 is 0 Å². The molecule has 1 heterocycles. The summed E-state index contributed by atoms with van der Waals surface area (Å²) in [6.45, 7) is 1.72. The monoisotopic (exact) mass is 242 g/mol. The first-order chi connectivity index (χ1) is 8.10. The van der Waals surface area contributed by atoms with Gasteiger partial charge in [0, 0.05) is 6.07 Å². The molecule has 0 aliphatic heterocycles. The summed E-state index contributed by atoms with van der Waals surface area (Å²) < 4.78 is 9.36. The molecule has 1 aromatic rings. The number of hydrogen-bond acceptors (Lipinski definition) is 7. The fourth-order valence-electron chi connectivity index (χ4n) is 1.12. The molecule has 0 aliphatic rings. The van der Waals surface area contributed by atoms with Gasteiger partial charge in [0.05, 0.1) is 19.4 Å². The van der Waals surface area contributed by atoms with E-state index in [2.05, 4.69) is 14.9 Å². The van der Waals surface area contributed by atoms with E-state index in [0.29, 0.717) is 0 Å². The highest BCUT2D eigenvalue weighted by Gasteiger charge is 2.28. The van der Waals surface area contributed by atoms with Crippen LogP contribution in [-0.2, 0) is 9.53 Å². The van der Waals surface area contributed by atoms with Crippen LogP contribution in [-0.4, -0.2) is 46.2 Å². The topological polar surface area (TPSA) is 102 Å². The number of carbonyl (C=O) groups excluding carboxylic acids is 1. The summed E-state index contributed by atoms with van der Waals surface area (Å²) in [6.07, 6.45) is -3.16. The SMILES string of the molecule is CCOC(=O)C(O)C(O)c1ccc(OC)nn1. The highest BCUT2D eigenvalue weighted by Crippen LogP contribution is 2.16. The Morgan fingerprint density at radius 1 is 1.41 bits per heavy atom. The molecule has 2 atom stereocenters. The second-order valence-electron chi connectivity index (χ2n) is 3.14. The molecule has 1 rings (SSSR count). The Balaban J connectivity index is 2.73. The molecule has 2 N–H and O–H groups in total. The Hall–Kier alpha value is -1.73. The van der Waals surface area contributed by atoms with Crippen LogP contribution in [0.3, 0.4) is 0 Å².